The van der Waals surface area contributed by atoms with Crippen molar-refractivity contribution in [2.24, 2.45) is 0 Å². The highest BCUT2D eigenvalue weighted by Crippen LogP contribution is 2.48. The van der Waals surface area contributed by atoms with Gasteiger partial charge in [0.2, 0.25) is 10.0 Å². The maximum Gasteiger partial charge on any atom is 0.430 e. The van der Waals surface area contributed by atoms with Crippen LogP contribution in [0.1, 0.15) is 12.8 Å². The summed E-state index contributed by atoms with van der Waals surface area (Å²) in [4.78, 5) is 0. The minimum Gasteiger partial charge on any atom is -0.370 e. The van der Waals surface area contributed by atoms with Crippen LogP contribution in [0.15, 0.2) is 47.9 Å². The van der Waals surface area contributed by atoms with Crippen LogP contribution in [0.5, 0.6) is 0 Å². The second kappa shape index (κ2) is 7.30. The molecule has 0 aromatic rings. The molecule has 2 aliphatic carbocycles. The number of likely N-dealkylation sites (N-methyl/N-ethyl adjacent to an activating group) is 1. The van der Waals surface area contributed by atoms with Crippen molar-refractivity contribution in [1.82, 2.24) is 4.31 Å². The average molecular weight is 435 g/mol. The fraction of sp³-hybridized carbons (Fsp3) is 0.500. The van der Waals surface area contributed by atoms with Crippen LogP contribution in [0, 0.1) is 0 Å². The molecule has 0 heterocycles. The largest absolute Gasteiger partial charge is 0.430 e. The quantitative estimate of drug-likeness (QED) is 0.688. The fourth-order valence-corrected chi connectivity index (χ4v) is 4.48. The van der Waals surface area contributed by atoms with Gasteiger partial charge in [-0.1, -0.05) is 24.3 Å². The number of alkyl halides is 6. The number of allylic oxidation sites excluding steroid dienone is 3. The predicted octanol–water partition coefficient (Wildman–Crippen LogP) is 3.54. The first kappa shape index (κ1) is 22.6. The lowest BCUT2D eigenvalue weighted by Crippen LogP contribution is -2.58. The molecule has 0 saturated heterocycles. The van der Waals surface area contributed by atoms with Gasteiger partial charge in [0.1, 0.15) is 11.1 Å². The van der Waals surface area contributed by atoms with Crippen LogP contribution < -0.4 is 0 Å². The second-order valence-corrected chi connectivity index (χ2v) is 8.53. The molecule has 2 atom stereocenters. The molecule has 1 N–H and O–H groups in total. The lowest BCUT2D eigenvalue weighted by atomic mass is 9.87. The van der Waals surface area contributed by atoms with Crippen LogP contribution in [0.4, 0.5) is 30.7 Å². The number of hydrogen-bond donors (Lipinski definition) is 1. The predicted molar refractivity (Wildman–Crippen MR) is 86.1 cm³/mol. The van der Waals surface area contributed by atoms with Gasteiger partial charge < -0.3 is 5.11 Å². The Morgan fingerprint density at radius 3 is 2.07 bits per heavy atom. The van der Waals surface area contributed by atoms with Crippen LogP contribution in [0.25, 0.3) is 0 Å². The SMILES string of the molecule is CN(C1C=CC(C(O)(C(F)(F)F)C(F)(F)F)=CC1)S(=O)(=O)C1C=C(F)C=CC1. The van der Waals surface area contributed by atoms with Crippen LogP contribution in [0.2, 0.25) is 0 Å². The number of nitrogens with zero attached hydrogens (tertiary/aromatic N) is 1. The summed E-state index contributed by atoms with van der Waals surface area (Å²) >= 11 is 0. The fourth-order valence-electron chi connectivity index (χ4n) is 2.86. The molecule has 0 aromatic carbocycles. The van der Waals surface area contributed by atoms with Gasteiger partial charge in [0, 0.05) is 13.1 Å². The normalized spacial score (nSPS) is 24.4. The van der Waals surface area contributed by atoms with Crippen molar-refractivity contribution in [3.05, 3.63) is 47.9 Å². The molecule has 0 saturated carbocycles. The summed E-state index contributed by atoms with van der Waals surface area (Å²) in [5.74, 6) is -0.769. The monoisotopic (exact) mass is 435 g/mol. The van der Waals surface area contributed by atoms with Gasteiger partial charge in [0.25, 0.3) is 5.60 Å². The van der Waals surface area contributed by atoms with Gasteiger partial charge in [0.05, 0.1) is 0 Å². The highest BCUT2D eigenvalue weighted by atomic mass is 32.2. The van der Waals surface area contributed by atoms with Gasteiger partial charge in [-0.25, -0.2) is 12.8 Å². The van der Waals surface area contributed by atoms with Gasteiger partial charge in [-0.15, -0.1) is 0 Å². The third kappa shape index (κ3) is 3.90. The molecule has 2 unspecified atom stereocenters. The van der Waals surface area contributed by atoms with Crippen molar-refractivity contribution in [3.63, 3.8) is 0 Å². The lowest BCUT2D eigenvalue weighted by molar-refractivity contribution is -0.351. The van der Waals surface area contributed by atoms with Crippen molar-refractivity contribution in [2.45, 2.75) is 42.1 Å². The molecule has 2 aliphatic rings. The van der Waals surface area contributed by atoms with Crippen molar-refractivity contribution < 1.29 is 44.3 Å². The van der Waals surface area contributed by atoms with E-state index >= 15 is 0 Å². The second-order valence-electron chi connectivity index (χ2n) is 6.32. The zero-order valence-electron chi connectivity index (χ0n) is 14.3. The molecule has 0 radical (unpaired) electrons. The molecule has 158 valence electrons. The van der Waals surface area contributed by atoms with E-state index in [1.165, 1.54) is 6.08 Å². The number of hydrogen-bond acceptors (Lipinski definition) is 3. The molecule has 0 aliphatic heterocycles. The van der Waals surface area contributed by atoms with Crippen LogP contribution in [-0.2, 0) is 10.0 Å². The zero-order valence-corrected chi connectivity index (χ0v) is 15.1. The van der Waals surface area contributed by atoms with E-state index in [0.29, 0.717) is 12.2 Å². The summed E-state index contributed by atoms with van der Waals surface area (Å²) in [6, 6.07) is -1.10. The highest BCUT2D eigenvalue weighted by molar-refractivity contribution is 7.89. The lowest BCUT2D eigenvalue weighted by Gasteiger charge is -2.36. The molecule has 0 aromatic heterocycles. The topological polar surface area (TPSA) is 57.6 Å². The van der Waals surface area contributed by atoms with E-state index in [4.69, 9.17) is 0 Å². The summed E-state index contributed by atoms with van der Waals surface area (Å²) in [5, 5.41) is 8.12. The van der Waals surface area contributed by atoms with Gasteiger partial charge in [0.15, 0.2) is 0 Å². The third-order valence-electron chi connectivity index (χ3n) is 4.56. The standard InChI is InChI=1S/C16H16F7NO3S/c1-24(28(26,27)13-4-2-3-11(17)9-13)12-7-5-10(6-8-12)14(25,15(18,19)20)16(21,22)23/h2-3,5-7,9,12-13,25H,4,8H2,1H3. The van der Waals surface area contributed by atoms with E-state index in [0.717, 1.165) is 29.6 Å². The Morgan fingerprint density at radius 2 is 1.64 bits per heavy atom. The van der Waals surface area contributed by atoms with Crippen molar-refractivity contribution in [3.8, 4) is 0 Å². The maximum absolute atomic E-state index is 13.3. The first-order chi connectivity index (χ1) is 12.6. The van der Waals surface area contributed by atoms with Crippen molar-refractivity contribution in [1.29, 1.82) is 0 Å². The Labute approximate surface area is 156 Å². The van der Waals surface area contributed by atoms with Crippen molar-refractivity contribution >= 4 is 10.0 Å². The Hall–Kier alpha value is -1.66. The molecule has 0 bridgehead atoms. The van der Waals surface area contributed by atoms with E-state index < -0.39 is 57.1 Å². The van der Waals surface area contributed by atoms with Crippen LogP contribution in [-0.4, -0.2) is 54.1 Å². The molecule has 2 rings (SSSR count). The molecular formula is C16H16F7NO3S. The third-order valence-corrected chi connectivity index (χ3v) is 6.72. The van der Waals surface area contributed by atoms with E-state index in [1.54, 1.807) is 0 Å². The molecule has 0 fully saturated rings. The first-order valence-corrected chi connectivity index (χ1v) is 9.38. The minimum atomic E-state index is -6.02. The van der Waals surface area contributed by atoms with E-state index in [1.807, 2.05) is 0 Å². The summed E-state index contributed by atoms with van der Waals surface area (Å²) in [6.07, 6.45) is -7.65. The van der Waals surface area contributed by atoms with Gasteiger partial charge in [-0.2, -0.15) is 30.6 Å². The Kier molecular flexibility index (Phi) is 5.90. The van der Waals surface area contributed by atoms with Crippen LogP contribution in [0.3, 0.4) is 0 Å². The molecule has 12 heteroatoms. The van der Waals surface area contributed by atoms with E-state index in [-0.39, 0.29) is 6.42 Å². The smallest absolute Gasteiger partial charge is 0.370 e. The number of aliphatic hydroxyl groups is 1. The van der Waals surface area contributed by atoms with Crippen LogP contribution >= 0.6 is 0 Å². The van der Waals surface area contributed by atoms with Crippen molar-refractivity contribution in [2.75, 3.05) is 7.05 Å². The summed E-state index contributed by atoms with van der Waals surface area (Å²) in [5.41, 5.74) is -6.51. The Bertz CT molecular complexity index is 823. The highest BCUT2D eigenvalue weighted by Gasteiger charge is 2.71. The first-order valence-electron chi connectivity index (χ1n) is 7.87. The molecule has 4 nitrogen and oxygen atoms in total. The Morgan fingerprint density at radius 1 is 1.07 bits per heavy atom. The number of halogens is 7. The summed E-state index contributed by atoms with van der Waals surface area (Å²) in [7, 11) is -3.04. The number of rotatable bonds is 4. The summed E-state index contributed by atoms with van der Waals surface area (Å²) < 4.78 is 117. The maximum atomic E-state index is 13.3. The number of sulfonamides is 1. The van der Waals surface area contributed by atoms with Gasteiger partial charge in [-0.3, -0.25) is 0 Å². The summed E-state index contributed by atoms with van der Waals surface area (Å²) in [6.45, 7) is 0. The molecular weight excluding hydrogens is 419 g/mol. The van der Waals surface area contributed by atoms with E-state index in [9.17, 15) is 44.3 Å². The molecule has 0 spiro atoms. The zero-order chi connectivity index (χ0) is 21.5. The van der Waals surface area contributed by atoms with Gasteiger partial charge in [-0.05, 0) is 30.6 Å². The molecule has 28 heavy (non-hydrogen) atoms. The van der Waals surface area contributed by atoms with Gasteiger partial charge >= 0.3 is 12.4 Å². The van der Waals surface area contributed by atoms with E-state index in [2.05, 4.69) is 0 Å². The molecule has 0 amide bonds. The average Bonchev–Trinajstić information content (AvgIpc) is 2.58. The Balaban J connectivity index is 2.26. The minimum absolute atomic E-state index is 0.0283.